The van der Waals surface area contributed by atoms with Crippen molar-refractivity contribution in [2.24, 2.45) is 0 Å². The first-order valence-corrected chi connectivity index (χ1v) is 8.97. The van der Waals surface area contributed by atoms with Gasteiger partial charge in [0, 0.05) is 48.9 Å². The molecular weight excluding hydrogens is 296 g/mol. The van der Waals surface area contributed by atoms with Gasteiger partial charge in [-0.05, 0) is 75.2 Å². The first kappa shape index (κ1) is 18.0. The molecular formula is C20H30N4. The number of hydrogen-bond donors (Lipinski definition) is 4. The number of anilines is 4. The van der Waals surface area contributed by atoms with Gasteiger partial charge in [-0.15, -0.1) is 0 Å². The molecule has 0 radical (unpaired) electrons. The molecule has 0 aliphatic carbocycles. The summed E-state index contributed by atoms with van der Waals surface area (Å²) in [5, 5.41) is 13.6. The first-order valence-electron chi connectivity index (χ1n) is 8.97. The molecule has 2 aromatic carbocycles. The van der Waals surface area contributed by atoms with Crippen molar-refractivity contribution in [1.29, 1.82) is 0 Å². The monoisotopic (exact) mass is 326 g/mol. The maximum absolute atomic E-state index is 3.47. The number of rotatable bonds is 11. The second kappa shape index (κ2) is 10.4. The predicted molar refractivity (Wildman–Crippen MR) is 107 cm³/mol. The second-order valence-electron chi connectivity index (χ2n) is 5.78. The van der Waals surface area contributed by atoms with Crippen molar-refractivity contribution in [1.82, 2.24) is 0 Å². The van der Waals surface area contributed by atoms with Gasteiger partial charge >= 0.3 is 0 Å². The molecule has 0 atom stereocenters. The van der Waals surface area contributed by atoms with Crippen LogP contribution in [0, 0.1) is 0 Å². The van der Waals surface area contributed by atoms with E-state index in [-0.39, 0.29) is 0 Å². The fourth-order valence-corrected chi connectivity index (χ4v) is 2.54. The van der Waals surface area contributed by atoms with E-state index in [1.807, 2.05) is 0 Å². The summed E-state index contributed by atoms with van der Waals surface area (Å²) in [6.07, 6.45) is 2.30. The Balaban J connectivity index is 1.57. The molecule has 2 aromatic rings. The third kappa shape index (κ3) is 6.41. The van der Waals surface area contributed by atoms with Crippen molar-refractivity contribution in [3.05, 3.63) is 48.5 Å². The summed E-state index contributed by atoms with van der Waals surface area (Å²) in [6.45, 7) is 8.13. The highest BCUT2D eigenvalue weighted by Gasteiger charge is 1.95. The Morgan fingerprint density at radius 2 is 0.792 bits per heavy atom. The average Bonchev–Trinajstić information content (AvgIpc) is 2.61. The zero-order chi connectivity index (χ0) is 17.0. The number of hydrogen-bond acceptors (Lipinski definition) is 4. The van der Waals surface area contributed by atoms with Gasteiger partial charge < -0.3 is 21.3 Å². The molecule has 0 saturated carbocycles. The summed E-state index contributed by atoms with van der Waals surface area (Å²) in [4.78, 5) is 0. The molecule has 0 aliphatic heterocycles. The summed E-state index contributed by atoms with van der Waals surface area (Å²) >= 11 is 0. The summed E-state index contributed by atoms with van der Waals surface area (Å²) in [5.74, 6) is 0. The van der Waals surface area contributed by atoms with Gasteiger partial charge in [-0.1, -0.05) is 0 Å². The lowest BCUT2D eigenvalue weighted by Gasteiger charge is -2.10. The van der Waals surface area contributed by atoms with Crippen molar-refractivity contribution in [2.45, 2.75) is 26.7 Å². The third-order valence-electron chi connectivity index (χ3n) is 3.79. The fourth-order valence-electron chi connectivity index (χ4n) is 2.54. The minimum atomic E-state index is 0.956. The second-order valence-corrected chi connectivity index (χ2v) is 5.78. The molecule has 24 heavy (non-hydrogen) atoms. The molecule has 0 saturated heterocycles. The standard InChI is InChI=1S/C20H30N4/c1-3-21-17-7-11-19(12-8-17)23-15-5-6-16-24-20-13-9-18(10-14-20)22-4-2/h7-14,21-24H,3-6,15-16H2,1-2H3. The van der Waals surface area contributed by atoms with E-state index in [0.29, 0.717) is 0 Å². The van der Waals surface area contributed by atoms with E-state index in [2.05, 4.69) is 83.6 Å². The molecule has 0 aliphatic rings. The average molecular weight is 326 g/mol. The Hall–Kier alpha value is -2.36. The Bertz CT molecular complexity index is 510. The Morgan fingerprint density at radius 1 is 0.500 bits per heavy atom. The highest BCUT2D eigenvalue weighted by molar-refractivity contribution is 5.54. The Morgan fingerprint density at radius 3 is 1.08 bits per heavy atom. The molecule has 0 fully saturated rings. The molecule has 4 nitrogen and oxygen atoms in total. The van der Waals surface area contributed by atoms with Crippen LogP contribution >= 0.6 is 0 Å². The van der Waals surface area contributed by atoms with Crippen molar-refractivity contribution in [3.63, 3.8) is 0 Å². The topological polar surface area (TPSA) is 48.1 Å². The van der Waals surface area contributed by atoms with Crippen LogP contribution in [0.1, 0.15) is 26.7 Å². The molecule has 0 spiro atoms. The smallest absolute Gasteiger partial charge is 0.0341 e. The largest absolute Gasteiger partial charge is 0.385 e. The summed E-state index contributed by atoms with van der Waals surface area (Å²) < 4.78 is 0. The fraction of sp³-hybridized carbons (Fsp3) is 0.400. The zero-order valence-electron chi connectivity index (χ0n) is 14.9. The van der Waals surface area contributed by atoms with Gasteiger partial charge in [-0.2, -0.15) is 0 Å². The van der Waals surface area contributed by atoms with Gasteiger partial charge in [0.15, 0.2) is 0 Å². The van der Waals surface area contributed by atoms with Crippen LogP contribution in [0.25, 0.3) is 0 Å². The predicted octanol–water partition coefficient (Wildman–Crippen LogP) is 4.85. The van der Waals surface area contributed by atoms with E-state index >= 15 is 0 Å². The lowest BCUT2D eigenvalue weighted by Crippen LogP contribution is -2.06. The summed E-state index contributed by atoms with van der Waals surface area (Å²) in [7, 11) is 0. The van der Waals surface area contributed by atoms with E-state index in [9.17, 15) is 0 Å². The summed E-state index contributed by atoms with van der Waals surface area (Å²) in [5.41, 5.74) is 4.71. The van der Waals surface area contributed by atoms with E-state index in [0.717, 1.165) is 39.0 Å². The van der Waals surface area contributed by atoms with Gasteiger partial charge in [0.25, 0.3) is 0 Å². The van der Waals surface area contributed by atoms with Gasteiger partial charge in [0.2, 0.25) is 0 Å². The zero-order valence-corrected chi connectivity index (χ0v) is 14.9. The van der Waals surface area contributed by atoms with Crippen molar-refractivity contribution >= 4 is 22.7 Å². The van der Waals surface area contributed by atoms with Crippen LogP contribution in [0.5, 0.6) is 0 Å². The Kier molecular flexibility index (Phi) is 7.81. The van der Waals surface area contributed by atoms with Crippen LogP contribution in [0.3, 0.4) is 0 Å². The van der Waals surface area contributed by atoms with Gasteiger partial charge in [-0.3, -0.25) is 0 Å². The van der Waals surface area contributed by atoms with Crippen molar-refractivity contribution < 1.29 is 0 Å². The van der Waals surface area contributed by atoms with Crippen LogP contribution in [-0.2, 0) is 0 Å². The van der Waals surface area contributed by atoms with Gasteiger partial charge in [0.1, 0.15) is 0 Å². The highest BCUT2D eigenvalue weighted by Crippen LogP contribution is 2.14. The SMILES string of the molecule is CCNc1ccc(NCCCCNc2ccc(NCC)cc2)cc1. The van der Waals surface area contributed by atoms with Crippen molar-refractivity contribution in [3.8, 4) is 0 Å². The minimum Gasteiger partial charge on any atom is -0.385 e. The molecule has 2 rings (SSSR count). The lowest BCUT2D eigenvalue weighted by atomic mass is 10.2. The number of unbranched alkanes of at least 4 members (excludes halogenated alkanes) is 1. The van der Waals surface area contributed by atoms with Crippen molar-refractivity contribution in [2.75, 3.05) is 47.4 Å². The number of nitrogens with one attached hydrogen (secondary N) is 4. The quantitative estimate of drug-likeness (QED) is 0.446. The maximum atomic E-state index is 3.47. The third-order valence-corrected chi connectivity index (χ3v) is 3.79. The van der Waals surface area contributed by atoms with Gasteiger partial charge in [-0.25, -0.2) is 0 Å². The summed E-state index contributed by atoms with van der Waals surface area (Å²) in [6, 6.07) is 17.0. The molecule has 0 bridgehead atoms. The van der Waals surface area contributed by atoms with E-state index < -0.39 is 0 Å². The van der Waals surface area contributed by atoms with Crippen LogP contribution in [-0.4, -0.2) is 26.2 Å². The Labute approximate surface area is 146 Å². The minimum absolute atomic E-state index is 0.956. The maximum Gasteiger partial charge on any atom is 0.0341 e. The molecule has 0 unspecified atom stereocenters. The molecule has 130 valence electrons. The van der Waals surface area contributed by atoms with Gasteiger partial charge in [0.05, 0.1) is 0 Å². The van der Waals surface area contributed by atoms with E-state index in [1.54, 1.807) is 0 Å². The molecule has 0 amide bonds. The van der Waals surface area contributed by atoms with Crippen LogP contribution in [0.15, 0.2) is 48.5 Å². The molecule has 0 heterocycles. The van der Waals surface area contributed by atoms with Crippen LogP contribution < -0.4 is 21.3 Å². The van der Waals surface area contributed by atoms with E-state index in [4.69, 9.17) is 0 Å². The van der Waals surface area contributed by atoms with Crippen LogP contribution in [0.2, 0.25) is 0 Å². The van der Waals surface area contributed by atoms with Crippen LogP contribution in [0.4, 0.5) is 22.7 Å². The molecule has 4 N–H and O–H groups in total. The molecule has 0 aromatic heterocycles. The highest BCUT2D eigenvalue weighted by atomic mass is 14.9. The number of benzene rings is 2. The van der Waals surface area contributed by atoms with E-state index in [1.165, 1.54) is 22.7 Å². The molecule has 4 heteroatoms. The first-order chi connectivity index (χ1) is 11.8. The normalized spacial score (nSPS) is 10.2. The lowest BCUT2D eigenvalue weighted by molar-refractivity contribution is 0.796.